The quantitative estimate of drug-likeness (QED) is 0.714. The van der Waals surface area contributed by atoms with Gasteiger partial charge in [-0.3, -0.25) is 9.59 Å². The maximum Gasteiger partial charge on any atom is 0.306 e. The number of carbonyl (C=O) groups is 2. The molecule has 3 rings (SSSR count). The minimum Gasteiger partial charge on any atom is -0.457 e. The Morgan fingerprint density at radius 3 is 1.63 bits per heavy atom. The molecule has 0 unspecified atom stereocenters. The average Bonchev–Trinajstić information content (AvgIpc) is 3.01. The number of esters is 2. The van der Waals surface area contributed by atoms with E-state index in [1.165, 1.54) is 0 Å². The fourth-order valence-corrected chi connectivity index (χ4v) is 3.41. The average molecular weight is 268 g/mol. The molecule has 0 N–H and O–H groups in total. The van der Waals surface area contributed by atoms with Gasteiger partial charge in [-0.2, -0.15) is 0 Å². The molecule has 3 aliphatic rings. The molecule has 3 aliphatic heterocycles. The summed E-state index contributed by atoms with van der Waals surface area (Å²) in [6.45, 7) is 3.88. The van der Waals surface area contributed by atoms with Crippen molar-refractivity contribution in [3.8, 4) is 0 Å². The predicted octanol–water partition coefficient (Wildman–Crippen LogP) is 1.73. The zero-order valence-corrected chi connectivity index (χ0v) is 11.4. The van der Waals surface area contributed by atoms with Crippen LogP contribution in [0.2, 0.25) is 0 Å². The van der Waals surface area contributed by atoms with Crippen molar-refractivity contribution in [3.63, 3.8) is 0 Å². The highest BCUT2D eigenvalue weighted by atomic mass is 16.6. The second-order valence-corrected chi connectivity index (χ2v) is 6.26. The fraction of sp³-hybridized carbons (Fsp3) is 0.857. The second-order valence-electron chi connectivity index (χ2n) is 6.26. The molecule has 0 saturated carbocycles. The van der Waals surface area contributed by atoms with Gasteiger partial charge in [-0.25, -0.2) is 0 Å². The molecule has 3 heterocycles. The van der Waals surface area contributed by atoms with Gasteiger partial charge in [0, 0.05) is 12.8 Å². The molecular formula is C14H20O5. The molecule has 0 aromatic rings. The number of hydrogen-bond acceptors (Lipinski definition) is 5. The first-order chi connectivity index (χ1) is 8.91. The van der Waals surface area contributed by atoms with E-state index in [2.05, 4.69) is 0 Å². The minimum absolute atomic E-state index is 0.0833. The van der Waals surface area contributed by atoms with Crippen LogP contribution in [0.15, 0.2) is 0 Å². The molecule has 0 bridgehead atoms. The minimum atomic E-state index is -0.509. The van der Waals surface area contributed by atoms with E-state index < -0.39 is 11.2 Å². The van der Waals surface area contributed by atoms with E-state index in [0.717, 1.165) is 12.8 Å². The normalized spacial score (nSPS) is 46.4. The van der Waals surface area contributed by atoms with Gasteiger partial charge in [-0.15, -0.1) is 0 Å². The Balaban J connectivity index is 1.67. The summed E-state index contributed by atoms with van der Waals surface area (Å²) in [6.07, 6.45) is 3.88. The van der Waals surface area contributed by atoms with Crippen LogP contribution in [0.1, 0.15) is 52.4 Å². The van der Waals surface area contributed by atoms with Gasteiger partial charge >= 0.3 is 11.9 Å². The molecule has 3 fully saturated rings. The van der Waals surface area contributed by atoms with Gasteiger partial charge in [-0.05, 0) is 39.5 Å². The van der Waals surface area contributed by atoms with Crippen LogP contribution in [-0.2, 0) is 23.8 Å². The van der Waals surface area contributed by atoms with E-state index in [0.29, 0.717) is 25.7 Å². The van der Waals surface area contributed by atoms with Crippen LogP contribution in [0.25, 0.3) is 0 Å². The molecule has 0 radical (unpaired) electrons. The Bertz CT molecular complexity index is 382. The molecule has 0 aliphatic carbocycles. The molecule has 0 amide bonds. The molecule has 0 aromatic heterocycles. The van der Waals surface area contributed by atoms with Gasteiger partial charge in [-0.1, -0.05) is 0 Å². The van der Waals surface area contributed by atoms with E-state index in [-0.39, 0.29) is 24.1 Å². The largest absolute Gasteiger partial charge is 0.457 e. The van der Waals surface area contributed by atoms with Crippen molar-refractivity contribution in [1.82, 2.24) is 0 Å². The number of hydrogen-bond donors (Lipinski definition) is 0. The third kappa shape index (κ3) is 2.14. The van der Waals surface area contributed by atoms with Crippen LogP contribution in [0.5, 0.6) is 0 Å². The molecule has 106 valence electrons. The van der Waals surface area contributed by atoms with Crippen molar-refractivity contribution in [1.29, 1.82) is 0 Å². The van der Waals surface area contributed by atoms with Crippen LogP contribution in [0.4, 0.5) is 0 Å². The van der Waals surface area contributed by atoms with Crippen molar-refractivity contribution in [2.75, 3.05) is 0 Å². The first kappa shape index (κ1) is 12.9. The lowest BCUT2D eigenvalue weighted by molar-refractivity contribution is -0.175. The van der Waals surface area contributed by atoms with Gasteiger partial charge in [0.25, 0.3) is 0 Å². The lowest BCUT2D eigenvalue weighted by Crippen LogP contribution is -2.43. The summed E-state index contributed by atoms with van der Waals surface area (Å²) < 4.78 is 16.9. The van der Waals surface area contributed by atoms with Gasteiger partial charge in [0.05, 0.1) is 12.2 Å². The second kappa shape index (κ2) is 4.20. The lowest BCUT2D eigenvalue weighted by Gasteiger charge is -2.33. The van der Waals surface area contributed by atoms with Gasteiger partial charge in [0.2, 0.25) is 0 Å². The van der Waals surface area contributed by atoms with Crippen LogP contribution < -0.4 is 0 Å². The van der Waals surface area contributed by atoms with E-state index >= 15 is 0 Å². The van der Waals surface area contributed by atoms with Crippen LogP contribution in [0.3, 0.4) is 0 Å². The van der Waals surface area contributed by atoms with E-state index in [1.54, 1.807) is 0 Å². The molecule has 5 heteroatoms. The highest BCUT2D eigenvalue weighted by molar-refractivity contribution is 5.72. The molecule has 19 heavy (non-hydrogen) atoms. The first-order valence-corrected chi connectivity index (χ1v) is 7.00. The third-order valence-corrected chi connectivity index (χ3v) is 4.73. The van der Waals surface area contributed by atoms with Crippen molar-refractivity contribution in [2.45, 2.75) is 75.8 Å². The lowest BCUT2D eigenvalue weighted by atomic mass is 9.91. The summed E-state index contributed by atoms with van der Waals surface area (Å²) in [6, 6.07) is 0. The zero-order valence-electron chi connectivity index (χ0n) is 11.4. The molecule has 3 saturated heterocycles. The molecule has 4 atom stereocenters. The summed E-state index contributed by atoms with van der Waals surface area (Å²) in [5, 5.41) is 0. The molecular weight excluding hydrogens is 248 g/mol. The summed E-state index contributed by atoms with van der Waals surface area (Å²) >= 11 is 0. The van der Waals surface area contributed by atoms with Gasteiger partial charge < -0.3 is 14.2 Å². The smallest absolute Gasteiger partial charge is 0.306 e. The maximum atomic E-state index is 11.3. The van der Waals surface area contributed by atoms with Gasteiger partial charge in [0.1, 0.15) is 11.2 Å². The highest BCUT2D eigenvalue weighted by Crippen LogP contribution is 2.43. The number of ether oxygens (including phenoxy) is 3. The van der Waals surface area contributed by atoms with E-state index in [1.807, 2.05) is 13.8 Å². The van der Waals surface area contributed by atoms with Gasteiger partial charge in [0.15, 0.2) is 0 Å². The fourth-order valence-electron chi connectivity index (χ4n) is 3.41. The van der Waals surface area contributed by atoms with E-state index in [4.69, 9.17) is 14.2 Å². The van der Waals surface area contributed by atoms with Crippen LogP contribution in [-0.4, -0.2) is 35.3 Å². The molecule has 0 spiro atoms. The summed E-state index contributed by atoms with van der Waals surface area (Å²) in [7, 11) is 0. The number of cyclic esters (lactones) is 2. The molecule has 0 aromatic carbocycles. The van der Waals surface area contributed by atoms with Crippen LogP contribution in [0, 0.1) is 0 Å². The Kier molecular flexibility index (Phi) is 2.85. The Morgan fingerprint density at radius 1 is 0.895 bits per heavy atom. The monoisotopic (exact) mass is 268 g/mol. The van der Waals surface area contributed by atoms with E-state index in [9.17, 15) is 9.59 Å². The Morgan fingerprint density at radius 2 is 1.32 bits per heavy atom. The van der Waals surface area contributed by atoms with Crippen molar-refractivity contribution in [2.24, 2.45) is 0 Å². The summed E-state index contributed by atoms with van der Waals surface area (Å²) in [5.74, 6) is -0.291. The predicted molar refractivity (Wildman–Crippen MR) is 65.4 cm³/mol. The third-order valence-electron chi connectivity index (χ3n) is 4.73. The number of carbonyl (C=O) groups excluding carboxylic acids is 2. The SMILES string of the molecule is C[C@]1([C@H]2CC[C@H]([C@@]3(C)CCC(=O)O3)O2)CCC(=O)O1. The standard InChI is InChI=1S/C14H20O5/c1-13(7-5-11(15)18-13)9-3-4-10(17-9)14(2)8-6-12(16)19-14/h9-10H,3-8H2,1-2H3/t9-,10-,13-,14-/m1/s1. The van der Waals surface area contributed by atoms with Crippen molar-refractivity contribution < 1.29 is 23.8 Å². The number of rotatable bonds is 2. The molecule has 5 nitrogen and oxygen atoms in total. The maximum absolute atomic E-state index is 11.3. The summed E-state index contributed by atoms with van der Waals surface area (Å²) in [4.78, 5) is 22.6. The first-order valence-electron chi connectivity index (χ1n) is 7.00. The van der Waals surface area contributed by atoms with Crippen molar-refractivity contribution in [3.05, 3.63) is 0 Å². The highest BCUT2D eigenvalue weighted by Gasteiger charge is 2.52. The topological polar surface area (TPSA) is 61.8 Å². The summed E-state index contributed by atoms with van der Waals surface area (Å²) in [5.41, 5.74) is -1.02. The van der Waals surface area contributed by atoms with Crippen LogP contribution >= 0.6 is 0 Å². The van der Waals surface area contributed by atoms with Crippen molar-refractivity contribution >= 4 is 11.9 Å². The zero-order chi connectivity index (χ0) is 13.7. The Labute approximate surface area is 112 Å². The Hall–Kier alpha value is -1.10.